The molecule has 0 amide bonds. The smallest absolute Gasteiger partial charge is 0.141 e. The largest absolute Gasteiger partial charge is 0.366 e. The van der Waals surface area contributed by atoms with E-state index in [4.69, 9.17) is 0 Å². The van der Waals surface area contributed by atoms with Crippen LogP contribution in [0.2, 0.25) is 0 Å². The van der Waals surface area contributed by atoms with Crippen molar-refractivity contribution in [2.24, 2.45) is 4.99 Å². The molecule has 0 saturated heterocycles. The maximum atomic E-state index is 12.9. The Kier molecular flexibility index (Phi) is 5.15. The summed E-state index contributed by atoms with van der Waals surface area (Å²) in [6, 6.07) is 11.0. The Morgan fingerprint density at radius 3 is 2.50 bits per heavy atom. The van der Waals surface area contributed by atoms with Gasteiger partial charge in [-0.15, -0.1) is 0 Å². The number of amidine groups is 1. The minimum absolute atomic E-state index is 0.138. The van der Waals surface area contributed by atoms with Crippen LogP contribution >= 0.6 is 0 Å². The van der Waals surface area contributed by atoms with Crippen molar-refractivity contribution in [3.8, 4) is 0 Å². The van der Waals surface area contributed by atoms with Crippen LogP contribution in [0, 0.1) is 5.82 Å². The van der Waals surface area contributed by atoms with Gasteiger partial charge < -0.3 is 10.6 Å². The number of nitrogens with one attached hydrogen (secondary N) is 2. The van der Waals surface area contributed by atoms with E-state index in [0.29, 0.717) is 31.7 Å². The van der Waals surface area contributed by atoms with E-state index in [0.717, 1.165) is 17.0 Å². The van der Waals surface area contributed by atoms with Crippen molar-refractivity contribution in [2.75, 3.05) is 5.32 Å². The average molecular weight is 328 g/mol. The Balaban J connectivity index is 1.51. The molecule has 6 heteroatoms. The van der Waals surface area contributed by atoms with Gasteiger partial charge in [0.15, 0.2) is 0 Å². The van der Waals surface area contributed by atoms with E-state index in [1.807, 2.05) is 24.3 Å². The first kappa shape index (κ1) is 16.1. The predicted molar refractivity (Wildman–Crippen MR) is 90.7 cm³/mol. The first-order valence-corrected chi connectivity index (χ1v) is 7.77. The molecule has 2 heterocycles. The van der Waals surface area contributed by atoms with Gasteiger partial charge in [0.25, 0.3) is 0 Å². The molecule has 2 N–H and O–H groups in total. The highest BCUT2D eigenvalue weighted by Crippen LogP contribution is 2.12. The molecule has 1 aromatic heterocycles. The van der Waals surface area contributed by atoms with Gasteiger partial charge in [-0.3, -0.25) is 4.99 Å². The minimum atomic E-state index is -0.350. The van der Waals surface area contributed by atoms with Gasteiger partial charge in [0.2, 0.25) is 0 Å². The van der Waals surface area contributed by atoms with Gasteiger partial charge in [-0.2, -0.15) is 0 Å². The maximum Gasteiger partial charge on any atom is 0.141 e. The molecule has 0 spiro atoms. The number of aromatic nitrogens is 1. The third-order valence-electron chi connectivity index (χ3n) is 3.67. The zero-order chi connectivity index (χ0) is 16.8. The topological polar surface area (TPSA) is 49.3 Å². The Bertz CT molecular complexity index is 737. The van der Waals surface area contributed by atoms with E-state index in [-0.39, 0.29) is 11.6 Å². The highest BCUT2D eigenvalue weighted by atomic mass is 19.1. The quantitative estimate of drug-likeness (QED) is 0.874. The number of allylic oxidation sites excluding steroid dienone is 1. The normalized spacial score (nSPS) is 15.8. The molecule has 0 aliphatic carbocycles. The van der Waals surface area contributed by atoms with Gasteiger partial charge in [-0.25, -0.2) is 13.8 Å². The van der Waals surface area contributed by atoms with Crippen molar-refractivity contribution in [3.63, 3.8) is 0 Å². The van der Waals surface area contributed by atoms with E-state index in [2.05, 4.69) is 20.6 Å². The summed E-state index contributed by atoms with van der Waals surface area (Å²) in [5, 5.41) is 6.00. The molecule has 0 radical (unpaired) electrons. The zero-order valence-corrected chi connectivity index (χ0v) is 13.1. The van der Waals surface area contributed by atoms with Gasteiger partial charge in [-0.05, 0) is 23.3 Å². The molecule has 1 aromatic carbocycles. The number of aliphatic imine (C=N–C) groups is 1. The van der Waals surface area contributed by atoms with E-state index in [1.54, 1.807) is 6.07 Å². The summed E-state index contributed by atoms with van der Waals surface area (Å²) in [5.41, 5.74) is 2.18. The number of benzene rings is 1. The first-order chi connectivity index (χ1) is 11.7. The molecule has 2 aromatic rings. The van der Waals surface area contributed by atoms with Crippen molar-refractivity contribution >= 4 is 11.7 Å². The molecule has 0 fully saturated rings. The lowest BCUT2D eigenvalue weighted by Crippen LogP contribution is -2.21. The second-order valence-electron chi connectivity index (χ2n) is 5.53. The summed E-state index contributed by atoms with van der Waals surface area (Å²) >= 11 is 0. The summed E-state index contributed by atoms with van der Waals surface area (Å²) in [7, 11) is 0. The number of hydrogen-bond acceptors (Lipinski definition) is 3. The molecular weight excluding hydrogens is 310 g/mol. The van der Waals surface area contributed by atoms with Crippen LogP contribution in [-0.4, -0.2) is 10.8 Å². The van der Waals surface area contributed by atoms with Crippen LogP contribution in [0.3, 0.4) is 0 Å². The third kappa shape index (κ3) is 4.62. The van der Waals surface area contributed by atoms with Crippen molar-refractivity contribution in [1.82, 2.24) is 10.3 Å². The molecule has 1 aliphatic heterocycles. The summed E-state index contributed by atoms with van der Waals surface area (Å²) in [6.07, 6.45) is 3.56. The van der Waals surface area contributed by atoms with Crippen molar-refractivity contribution in [3.05, 3.63) is 71.6 Å². The lowest BCUT2D eigenvalue weighted by molar-refractivity contribution is 0.578. The zero-order valence-electron chi connectivity index (χ0n) is 13.1. The van der Waals surface area contributed by atoms with Crippen LogP contribution in [0.1, 0.15) is 24.0 Å². The number of hydrogen-bond donors (Lipinski definition) is 2. The Morgan fingerprint density at radius 2 is 1.83 bits per heavy atom. The van der Waals surface area contributed by atoms with Gasteiger partial charge >= 0.3 is 0 Å². The molecule has 24 heavy (non-hydrogen) atoms. The molecule has 1 aliphatic rings. The van der Waals surface area contributed by atoms with Crippen LogP contribution in [0.25, 0.3) is 0 Å². The Hall–Kier alpha value is -2.76. The van der Waals surface area contributed by atoms with Gasteiger partial charge in [0.05, 0.1) is 12.7 Å². The standard InChI is InChI=1S/C18H18F2N4/c19-15-5-7-17(23-11-15)21-9-13-1-2-14(4-3-13)10-22-18-8-6-16(20)12-24-18/h1-5,7,11-12H,6,8-10H2,(H,21,23)(H,22,24). The second-order valence-corrected chi connectivity index (χ2v) is 5.53. The molecule has 124 valence electrons. The van der Waals surface area contributed by atoms with Crippen LogP contribution in [0.5, 0.6) is 0 Å². The fourth-order valence-electron chi connectivity index (χ4n) is 2.29. The summed E-state index contributed by atoms with van der Waals surface area (Å²) < 4.78 is 25.7. The van der Waals surface area contributed by atoms with E-state index >= 15 is 0 Å². The third-order valence-corrected chi connectivity index (χ3v) is 3.67. The SMILES string of the molecule is FC1=CNC(=NCc2ccc(CNc3ccc(F)cn3)cc2)CC1. The van der Waals surface area contributed by atoms with Crippen molar-refractivity contribution in [1.29, 1.82) is 0 Å². The van der Waals surface area contributed by atoms with Crippen LogP contribution in [0.4, 0.5) is 14.6 Å². The molecule has 0 atom stereocenters. The van der Waals surface area contributed by atoms with Gasteiger partial charge in [0, 0.05) is 25.6 Å². The molecule has 4 nitrogen and oxygen atoms in total. The lowest BCUT2D eigenvalue weighted by atomic mass is 10.1. The summed E-state index contributed by atoms with van der Waals surface area (Å²) in [4.78, 5) is 8.41. The van der Waals surface area contributed by atoms with E-state index in [9.17, 15) is 8.78 Å². The summed E-state index contributed by atoms with van der Waals surface area (Å²) in [5.74, 6) is 0.957. The second kappa shape index (κ2) is 7.68. The molecule has 3 rings (SSSR count). The fourth-order valence-corrected chi connectivity index (χ4v) is 2.29. The molecule has 0 unspecified atom stereocenters. The van der Waals surface area contributed by atoms with Gasteiger partial charge in [-0.1, -0.05) is 24.3 Å². The van der Waals surface area contributed by atoms with E-state index < -0.39 is 0 Å². The molecular formula is C18H18F2N4. The number of pyridine rings is 1. The Labute approximate surface area is 139 Å². The van der Waals surface area contributed by atoms with Gasteiger partial charge in [0.1, 0.15) is 23.3 Å². The van der Waals surface area contributed by atoms with Crippen molar-refractivity contribution in [2.45, 2.75) is 25.9 Å². The minimum Gasteiger partial charge on any atom is -0.366 e. The highest BCUT2D eigenvalue weighted by molar-refractivity contribution is 5.84. The number of nitrogens with zero attached hydrogens (tertiary/aromatic N) is 2. The number of anilines is 1. The molecule has 0 bridgehead atoms. The Morgan fingerprint density at radius 1 is 1.04 bits per heavy atom. The summed E-state index contributed by atoms with van der Waals surface area (Å²) in [6.45, 7) is 1.17. The predicted octanol–water partition coefficient (Wildman–Crippen LogP) is 3.93. The van der Waals surface area contributed by atoms with Crippen molar-refractivity contribution < 1.29 is 8.78 Å². The van der Waals surface area contributed by atoms with E-state index in [1.165, 1.54) is 18.5 Å². The fraction of sp³-hybridized carbons (Fsp3) is 0.222. The highest BCUT2D eigenvalue weighted by Gasteiger charge is 2.07. The van der Waals surface area contributed by atoms with Crippen LogP contribution < -0.4 is 10.6 Å². The monoisotopic (exact) mass is 328 g/mol. The number of rotatable bonds is 5. The first-order valence-electron chi connectivity index (χ1n) is 7.77. The number of halogens is 2. The maximum absolute atomic E-state index is 12.9. The van der Waals surface area contributed by atoms with Crippen LogP contribution in [-0.2, 0) is 13.1 Å². The lowest BCUT2D eigenvalue weighted by Gasteiger charge is -2.11. The molecule has 0 saturated carbocycles. The van der Waals surface area contributed by atoms with Crippen LogP contribution in [0.15, 0.2) is 59.6 Å². The average Bonchev–Trinajstić information content (AvgIpc) is 2.62.